The van der Waals surface area contributed by atoms with E-state index in [0.717, 1.165) is 16.9 Å². The standard InChI is InChI=1S/C16H16O4/c1-9(17)12-8-15-13(7-14(12)16(18)20-15)10-3-5-11(19-2)6-4-10/h3-7,12,14-15H,8H2,1-2H3/t12-,14-,15-/m0/s1. The molecular formula is C16H16O4. The molecule has 1 aromatic rings. The first-order valence-electron chi connectivity index (χ1n) is 6.67. The van der Waals surface area contributed by atoms with Crippen LogP contribution in [0, 0.1) is 11.8 Å². The van der Waals surface area contributed by atoms with E-state index in [2.05, 4.69) is 0 Å². The van der Waals surface area contributed by atoms with E-state index in [1.165, 1.54) is 0 Å². The number of ether oxygens (including phenoxy) is 2. The number of esters is 1. The largest absolute Gasteiger partial charge is 0.497 e. The highest BCUT2D eigenvalue weighted by molar-refractivity contribution is 5.93. The molecule has 2 aliphatic heterocycles. The molecule has 0 saturated carbocycles. The Kier molecular flexibility index (Phi) is 3.08. The fraction of sp³-hybridized carbons (Fsp3) is 0.375. The van der Waals surface area contributed by atoms with Crippen LogP contribution in [0.15, 0.2) is 30.3 Å². The fourth-order valence-electron chi connectivity index (χ4n) is 2.97. The van der Waals surface area contributed by atoms with Crippen LogP contribution in [0.1, 0.15) is 18.9 Å². The van der Waals surface area contributed by atoms with Crippen LogP contribution in [-0.2, 0) is 14.3 Å². The van der Waals surface area contributed by atoms with Gasteiger partial charge in [0.05, 0.1) is 13.0 Å². The summed E-state index contributed by atoms with van der Waals surface area (Å²) >= 11 is 0. The van der Waals surface area contributed by atoms with Crippen LogP contribution in [-0.4, -0.2) is 25.0 Å². The van der Waals surface area contributed by atoms with E-state index in [1.807, 2.05) is 30.3 Å². The van der Waals surface area contributed by atoms with Gasteiger partial charge in [0.15, 0.2) is 0 Å². The summed E-state index contributed by atoms with van der Waals surface area (Å²) in [6, 6.07) is 7.65. The van der Waals surface area contributed by atoms with Crippen LogP contribution < -0.4 is 4.74 Å². The Labute approximate surface area is 117 Å². The first kappa shape index (κ1) is 12.9. The molecule has 2 heterocycles. The molecule has 1 aliphatic carbocycles. The van der Waals surface area contributed by atoms with Crippen LogP contribution in [0.2, 0.25) is 0 Å². The third-order valence-electron chi connectivity index (χ3n) is 4.08. The lowest BCUT2D eigenvalue weighted by atomic mass is 9.73. The van der Waals surface area contributed by atoms with Crippen molar-refractivity contribution in [3.05, 3.63) is 35.9 Å². The predicted molar refractivity (Wildman–Crippen MR) is 73.1 cm³/mol. The molecule has 0 unspecified atom stereocenters. The molecule has 3 atom stereocenters. The van der Waals surface area contributed by atoms with Crippen molar-refractivity contribution in [2.75, 3.05) is 7.11 Å². The molecule has 104 valence electrons. The molecule has 4 rings (SSSR count). The van der Waals surface area contributed by atoms with Gasteiger partial charge >= 0.3 is 5.97 Å². The van der Waals surface area contributed by atoms with E-state index in [4.69, 9.17) is 9.47 Å². The summed E-state index contributed by atoms with van der Waals surface area (Å²) in [6.07, 6.45) is 2.17. The first-order chi connectivity index (χ1) is 9.60. The van der Waals surface area contributed by atoms with Crippen molar-refractivity contribution in [2.24, 2.45) is 11.8 Å². The lowest BCUT2D eigenvalue weighted by Crippen LogP contribution is -2.44. The number of methoxy groups -OCH3 is 1. The van der Waals surface area contributed by atoms with Gasteiger partial charge in [0, 0.05) is 5.92 Å². The summed E-state index contributed by atoms with van der Waals surface area (Å²) in [5, 5.41) is 0. The maximum Gasteiger partial charge on any atom is 0.314 e. The topological polar surface area (TPSA) is 52.6 Å². The Morgan fingerprint density at radius 1 is 1.30 bits per heavy atom. The molecule has 3 aliphatic rings. The third kappa shape index (κ3) is 2.01. The van der Waals surface area contributed by atoms with Crippen LogP contribution in [0.4, 0.5) is 0 Å². The van der Waals surface area contributed by atoms with E-state index in [-0.39, 0.29) is 23.8 Å². The SMILES string of the molecule is COc1ccc(C2=C[C@@H]3C(=O)O[C@H]2C[C@H]3C(C)=O)cc1. The van der Waals surface area contributed by atoms with Gasteiger partial charge in [0.1, 0.15) is 17.6 Å². The summed E-state index contributed by atoms with van der Waals surface area (Å²) in [5.74, 6) is -0.104. The number of rotatable bonds is 3. The average Bonchev–Trinajstić information content (AvgIpc) is 2.47. The fourth-order valence-corrected chi connectivity index (χ4v) is 2.97. The van der Waals surface area contributed by atoms with Crippen molar-refractivity contribution in [2.45, 2.75) is 19.4 Å². The number of benzene rings is 1. The Morgan fingerprint density at radius 2 is 2.00 bits per heavy atom. The smallest absolute Gasteiger partial charge is 0.314 e. The molecule has 0 radical (unpaired) electrons. The molecule has 4 nitrogen and oxygen atoms in total. The molecule has 0 amide bonds. The second-order valence-corrected chi connectivity index (χ2v) is 5.25. The van der Waals surface area contributed by atoms with E-state index in [0.29, 0.717) is 6.42 Å². The number of carbonyl (C=O) groups is 2. The minimum Gasteiger partial charge on any atom is -0.497 e. The van der Waals surface area contributed by atoms with Crippen LogP contribution in [0.25, 0.3) is 5.57 Å². The summed E-state index contributed by atoms with van der Waals surface area (Å²) in [6.45, 7) is 1.54. The number of hydrogen-bond donors (Lipinski definition) is 0. The van der Waals surface area contributed by atoms with E-state index in [1.54, 1.807) is 14.0 Å². The molecule has 1 aromatic carbocycles. The van der Waals surface area contributed by atoms with Crippen LogP contribution >= 0.6 is 0 Å². The van der Waals surface area contributed by atoms with Crippen molar-refractivity contribution >= 4 is 17.3 Å². The van der Waals surface area contributed by atoms with E-state index in [9.17, 15) is 9.59 Å². The van der Waals surface area contributed by atoms with Gasteiger partial charge in [-0.3, -0.25) is 9.59 Å². The normalized spacial score (nSPS) is 27.8. The molecule has 1 fully saturated rings. The van der Waals surface area contributed by atoms with Gasteiger partial charge in [-0.25, -0.2) is 0 Å². The van der Waals surface area contributed by atoms with Gasteiger partial charge in [-0.15, -0.1) is 0 Å². The quantitative estimate of drug-likeness (QED) is 0.792. The minimum atomic E-state index is -0.436. The number of ketones is 1. The Hall–Kier alpha value is -2.10. The summed E-state index contributed by atoms with van der Waals surface area (Å²) in [5.41, 5.74) is 2.00. The molecule has 2 bridgehead atoms. The number of hydrogen-bond acceptors (Lipinski definition) is 4. The molecule has 20 heavy (non-hydrogen) atoms. The lowest BCUT2D eigenvalue weighted by molar-refractivity contribution is -0.162. The zero-order valence-corrected chi connectivity index (χ0v) is 11.5. The highest BCUT2D eigenvalue weighted by Crippen LogP contribution is 2.42. The second kappa shape index (κ2) is 4.78. The number of fused-ring (bicyclic) bond motifs is 2. The van der Waals surface area contributed by atoms with Crippen LogP contribution in [0.5, 0.6) is 5.75 Å². The summed E-state index contributed by atoms with van der Waals surface area (Å²) in [4.78, 5) is 23.4. The van der Waals surface area contributed by atoms with Gasteiger partial charge in [-0.05, 0) is 36.6 Å². The van der Waals surface area contributed by atoms with Crippen molar-refractivity contribution in [1.82, 2.24) is 0 Å². The van der Waals surface area contributed by atoms with Gasteiger partial charge in [-0.1, -0.05) is 18.2 Å². The Bertz CT molecular complexity index is 585. The van der Waals surface area contributed by atoms with Gasteiger partial charge in [0.2, 0.25) is 0 Å². The Balaban J connectivity index is 1.95. The summed E-state index contributed by atoms with van der Waals surface area (Å²) < 4.78 is 10.5. The zero-order valence-electron chi connectivity index (χ0n) is 11.5. The van der Waals surface area contributed by atoms with Crippen LogP contribution in [0.3, 0.4) is 0 Å². The average molecular weight is 272 g/mol. The maximum absolute atomic E-state index is 11.8. The van der Waals surface area contributed by atoms with Crippen molar-refractivity contribution in [3.63, 3.8) is 0 Å². The Morgan fingerprint density at radius 3 is 2.55 bits per heavy atom. The van der Waals surface area contributed by atoms with Gasteiger partial charge in [0.25, 0.3) is 0 Å². The highest BCUT2D eigenvalue weighted by atomic mass is 16.5. The second-order valence-electron chi connectivity index (χ2n) is 5.25. The minimum absolute atomic E-state index is 0.0571. The highest BCUT2D eigenvalue weighted by Gasteiger charge is 2.45. The van der Waals surface area contributed by atoms with Gasteiger partial charge in [-0.2, -0.15) is 0 Å². The summed E-state index contributed by atoms with van der Waals surface area (Å²) in [7, 11) is 1.62. The molecule has 4 heteroatoms. The maximum atomic E-state index is 11.8. The van der Waals surface area contributed by atoms with E-state index < -0.39 is 5.92 Å². The van der Waals surface area contributed by atoms with Crippen molar-refractivity contribution < 1.29 is 19.1 Å². The lowest BCUT2D eigenvalue weighted by Gasteiger charge is -2.39. The zero-order chi connectivity index (χ0) is 14.3. The molecule has 0 aromatic heterocycles. The molecule has 0 spiro atoms. The third-order valence-corrected chi connectivity index (χ3v) is 4.08. The molecular weight excluding hydrogens is 256 g/mol. The first-order valence-corrected chi connectivity index (χ1v) is 6.67. The van der Waals surface area contributed by atoms with Crippen molar-refractivity contribution in [1.29, 1.82) is 0 Å². The monoisotopic (exact) mass is 272 g/mol. The van der Waals surface area contributed by atoms with Crippen molar-refractivity contribution in [3.8, 4) is 5.75 Å². The molecule has 1 saturated heterocycles. The predicted octanol–water partition coefficient (Wildman–Crippen LogP) is 2.23. The molecule has 0 N–H and O–H groups in total. The van der Waals surface area contributed by atoms with E-state index >= 15 is 0 Å². The number of carbonyl (C=O) groups excluding carboxylic acids is 2. The number of Topliss-reactive ketones (excluding diaryl/α,β-unsaturated/α-hetero) is 1. The van der Waals surface area contributed by atoms with Gasteiger partial charge < -0.3 is 9.47 Å².